The Hall–Kier alpha value is 0.452. The number of hydrogen-bond acceptors (Lipinski definition) is 2. The van der Waals surface area contributed by atoms with Crippen molar-refractivity contribution in [2.75, 3.05) is 13.1 Å². The Morgan fingerprint density at radius 2 is 1.00 bits per heavy atom. The van der Waals surface area contributed by atoms with Crippen LogP contribution >= 0.6 is 0 Å². The first-order valence-corrected chi connectivity index (χ1v) is 14.7. The van der Waals surface area contributed by atoms with Crippen LogP contribution in [0.15, 0.2) is 0 Å². The summed E-state index contributed by atoms with van der Waals surface area (Å²) in [6.45, 7) is 13.9. The summed E-state index contributed by atoms with van der Waals surface area (Å²) in [5, 5.41) is 2.80. The maximum absolute atomic E-state index is 6.74. The Morgan fingerprint density at radius 3 is 1.41 bits per heavy atom. The summed E-state index contributed by atoms with van der Waals surface area (Å²) in [4.78, 5) is 2.57. The van der Waals surface area contributed by atoms with E-state index >= 15 is 0 Å². The molecule has 0 heterocycles. The molecule has 0 N–H and O–H groups in total. The summed E-state index contributed by atoms with van der Waals surface area (Å²) in [5.41, 5.74) is 0. The quantitative estimate of drug-likeness (QED) is 0.110. The average Bonchev–Trinajstić information content (AvgIpc) is 2.66. The molecule has 0 aromatic rings. The minimum atomic E-state index is -1.06. The third-order valence-corrected chi connectivity index (χ3v) is 8.57. The van der Waals surface area contributed by atoms with Gasteiger partial charge in [-0.2, -0.15) is 0 Å². The minimum absolute atomic E-state index is 0.335. The fourth-order valence-electron chi connectivity index (χ4n) is 4.00. The highest BCUT2D eigenvalue weighted by Gasteiger charge is 2.24. The summed E-state index contributed by atoms with van der Waals surface area (Å²) < 4.78 is 6.74. The van der Waals surface area contributed by atoms with E-state index < -0.39 is 14.5 Å². The molecule has 0 amide bonds. The van der Waals surface area contributed by atoms with Crippen molar-refractivity contribution in [3.8, 4) is 0 Å². The lowest BCUT2D eigenvalue weighted by atomic mass is 10.1. The first-order chi connectivity index (χ1) is 13.2. The SMILES string of the molecule is CCCCCCC[CH2][Al]([CH2]CCCCCCC)[O]C(C)N(CCC)CCC. The maximum atomic E-state index is 6.74. The van der Waals surface area contributed by atoms with Gasteiger partial charge in [-0.25, -0.2) is 0 Å². The number of unbranched alkanes of at least 4 members (excludes halogenated alkanes) is 10. The van der Waals surface area contributed by atoms with Gasteiger partial charge in [-0.15, -0.1) is 0 Å². The van der Waals surface area contributed by atoms with Gasteiger partial charge in [-0.3, -0.25) is 4.90 Å². The Kier molecular flexibility index (Phi) is 21.5. The van der Waals surface area contributed by atoms with Gasteiger partial charge in [0.2, 0.25) is 0 Å². The molecule has 0 aliphatic carbocycles. The Bertz CT molecular complexity index is 266. The molecule has 2 nitrogen and oxygen atoms in total. The number of rotatable bonds is 21. The molecule has 0 rings (SSSR count). The van der Waals surface area contributed by atoms with Crippen molar-refractivity contribution >= 4 is 14.5 Å². The van der Waals surface area contributed by atoms with Crippen molar-refractivity contribution in [3.05, 3.63) is 0 Å². The van der Waals surface area contributed by atoms with Gasteiger partial charge < -0.3 is 3.79 Å². The molecule has 0 radical (unpaired) electrons. The molecular weight excluding hydrogens is 345 g/mol. The lowest BCUT2D eigenvalue weighted by Gasteiger charge is -2.31. The molecule has 0 aliphatic rings. The van der Waals surface area contributed by atoms with Gasteiger partial charge in [0.1, 0.15) is 0 Å². The van der Waals surface area contributed by atoms with Gasteiger partial charge in [-0.05, 0) is 19.8 Å². The van der Waals surface area contributed by atoms with Crippen LogP contribution in [0.5, 0.6) is 0 Å². The fourth-order valence-corrected chi connectivity index (χ4v) is 6.78. The van der Waals surface area contributed by atoms with E-state index in [4.69, 9.17) is 3.79 Å². The van der Waals surface area contributed by atoms with Gasteiger partial charge in [0.15, 0.2) is 0 Å². The van der Waals surface area contributed by atoms with Crippen LogP contribution in [-0.4, -0.2) is 38.7 Å². The predicted octanol–water partition coefficient (Wildman–Crippen LogP) is 8.18. The standard InChI is InChI=1S/C8H18NO.2C8H17.Al/c1-4-6-9(7-5-2)8(3)10;2*1-3-5-7-8-6-4-2;/h8H,4-7H2,1-3H3;2*1,3-8H2,2H3;/q-1;;;+1. The van der Waals surface area contributed by atoms with E-state index in [0.29, 0.717) is 6.23 Å². The van der Waals surface area contributed by atoms with Crippen LogP contribution in [0, 0.1) is 0 Å². The maximum Gasteiger partial charge on any atom is 0.461 e. The van der Waals surface area contributed by atoms with Crippen LogP contribution in [0.4, 0.5) is 0 Å². The molecule has 0 bridgehead atoms. The van der Waals surface area contributed by atoms with Crippen molar-refractivity contribution in [2.24, 2.45) is 0 Å². The monoisotopic (exact) mass is 397 g/mol. The zero-order valence-electron chi connectivity index (χ0n) is 19.7. The normalized spacial score (nSPS) is 12.7. The Balaban J connectivity index is 4.29. The van der Waals surface area contributed by atoms with Gasteiger partial charge >= 0.3 is 14.5 Å². The van der Waals surface area contributed by atoms with E-state index in [1.54, 1.807) is 0 Å². The lowest BCUT2D eigenvalue weighted by molar-refractivity contribution is 0.0364. The molecule has 0 saturated carbocycles. The highest BCUT2D eigenvalue weighted by molar-refractivity contribution is 6.51. The van der Waals surface area contributed by atoms with Crippen molar-refractivity contribution in [1.82, 2.24) is 4.90 Å². The molecule has 0 aliphatic heterocycles. The second kappa shape index (κ2) is 21.2. The van der Waals surface area contributed by atoms with Crippen molar-refractivity contribution in [3.63, 3.8) is 0 Å². The van der Waals surface area contributed by atoms with Gasteiger partial charge in [0.25, 0.3) is 0 Å². The third-order valence-electron chi connectivity index (χ3n) is 5.68. The topological polar surface area (TPSA) is 12.5 Å². The van der Waals surface area contributed by atoms with E-state index in [2.05, 4.69) is 39.5 Å². The van der Waals surface area contributed by atoms with Crippen molar-refractivity contribution < 1.29 is 3.79 Å². The zero-order valence-corrected chi connectivity index (χ0v) is 20.9. The third kappa shape index (κ3) is 17.1. The van der Waals surface area contributed by atoms with Crippen molar-refractivity contribution in [2.45, 2.75) is 141 Å². The van der Waals surface area contributed by atoms with Gasteiger partial charge in [-0.1, -0.05) is 115 Å². The molecule has 0 spiro atoms. The van der Waals surface area contributed by atoms with Crippen molar-refractivity contribution in [1.29, 1.82) is 0 Å². The number of nitrogens with zero attached hydrogens (tertiary/aromatic N) is 1. The molecule has 27 heavy (non-hydrogen) atoms. The highest BCUT2D eigenvalue weighted by atomic mass is 27.2. The molecule has 1 unspecified atom stereocenters. The average molecular weight is 398 g/mol. The predicted molar refractivity (Wildman–Crippen MR) is 125 cm³/mol. The second-order valence-electron chi connectivity index (χ2n) is 8.51. The van der Waals surface area contributed by atoms with Crippen LogP contribution in [0.2, 0.25) is 10.6 Å². The molecule has 0 aromatic heterocycles. The van der Waals surface area contributed by atoms with E-state index in [0.717, 1.165) is 0 Å². The molecular formula is C24H52AlNO. The van der Waals surface area contributed by atoms with E-state index in [-0.39, 0.29) is 0 Å². The van der Waals surface area contributed by atoms with E-state index in [9.17, 15) is 0 Å². The molecule has 162 valence electrons. The summed E-state index contributed by atoms with van der Waals surface area (Å²) in [7, 11) is 0. The smallest absolute Gasteiger partial charge is 0.461 e. The molecule has 3 heteroatoms. The van der Waals surface area contributed by atoms with Crippen LogP contribution in [0.25, 0.3) is 0 Å². The summed E-state index contributed by atoms with van der Waals surface area (Å²) >= 11 is -1.06. The zero-order chi connectivity index (χ0) is 20.2. The first kappa shape index (κ1) is 27.5. The van der Waals surface area contributed by atoms with E-state index in [1.165, 1.54) is 114 Å². The first-order valence-electron chi connectivity index (χ1n) is 12.6. The minimum Gasteiger partial charge on any atom is -0.487 e. The molecule has 0 fully saturated rings. The number of hydrogen-bond donors (Lipinski definition) is 0. The highest BCUT2D eigenvalue weighted by Crippen LogP contribution is 2.18. The summed E-state index contributed by atoms with van der Waals surface area (Å²) in [6.07, 6.45) is 19.7. The summed E-state index contributed by atoms with van der Waals surface area (Å²) in [6, 6.07) is 0. The fraction of sp³-hybridized carbons (Fsp3) is 1.00. The van der Waals surface area contributed by atoms with E-state index in [1.807, 2.05) is 0 Å². The second-order valence-corrected chi connectivity index (χ2v) is 11.2. The largest absolute Gasteiger partial charge is 0.487 e. The van der Waals surface area contributed by atoms with Crippen LogP contribution in [0.3, 0.4) is 0 Å². The Morgan fingerprint density at radius 1 is 0.593 bits per heavy atom. The lowest BCUT2D eigenvalue weighted by Crippen LogP contribution is -2.40. The molecule has 0 aromatic carbocycles. The summed E-state index contributed by atoms with van der Waals surface area (Å²) in [5.74, 6) is 0. The molecule has 1 atom stereocenters. The van der Waals surface area contributed by atoms with Crippen LogP contribution < -0.4 is 0 Å². The van der Waals surface area contributed by atoms with Gasteiger partial charge in [0, 0.05) is 13.1 Å². The van der Waals surface area contributed by atoms with Crippen LogP contribution in [0.1, 0.15) is 125 Å². The Labute approximate surface area is 177 Å². The molecule has 0 saturated heterocycles. The van der Waals surface area contributed by atoms with Crippen LogP contribution in [-0.2, 0) is 3.79 Å². The van der Waals surface area contributed by atoms with Gasteiger partial charge in [0.05, 0.1) is 6.23 Å².